The molecular weight excluding hydrogens is 222 g/mol. The number of aliphatic imine (C=N–C) groups is 1. The zero-order valence-corrected chi connectivity index (χ0v) is 10.9. The van der Waals surface area contributed by atoms with Crippen molar-refractivity contribution in [2.75, 3.05) is 5.32 Å². The van der Waals surface area contributed by atoms with E-state index < -0.39 is 0 Å². The van der Waals surface area contributed by atoms with E-state index in [1.807, 2.05) is 6.07 Å². The highest BCUT2D eigenvalue weighted by Gasteiger charge is 2.47. The lowest BCUT2D eigenvalue weighted by Gasteiger charge is -2.07. The smallest absolute Gasteiger partial charge is 0.193 e. The average molecular weight is 243 g/mol. The third-order valence-corrected chi connectivity index (χ3v) is 3.94. The van der Waals surface area contributed by atoms with Crippen LogP contribution in [0.2, 0.25) is 0 Å². The molecule has 1 aromatic carbocycles. The van der Waals surface area contributed by atoms with Crippen LogP contribution in [0.3, 0.4) is 0 Å². The van der Waals surface area contributed by atoms with E-state index in [2.05, 4.69) is 35.4 Å². The van der Waals surface area contributed by atoms with E-state index in [-0.39, 0.29) is 0 Å². The van der Waals surface area contributed by atoms with Gasteiger partial charge in [0.15, 0.2) is 5.96 Å². The van der Waals surface area contributed by atoms with Gasteiger partial charge in [-0.2, -0.15) is 0 Å². The van der Waals surface area contributed by atoms with Crippen molar-refractivity contribution in [2.45, 2.75) is 38.6 Å². The normalized spacial score (nSPS) is 27.1. The highest BCUT2D eigenvalue weighted by atomic mass is 15.1. The van der Waals surface area contributed by atoms with Crippen LogP contribution in [0.1, 0.15) is 31.7 Å². The molecule has 2 aliphatic rings. The molecule has 2 atom stereocenters. The van der Waals surface area contributed by atoms with Gasteiger partial charge in [0, 0.05) is 5.69 Å². The molecule has 3 heteroatoms. The number of hydrogen-bond donors (Lipinski definition) is 2. The maximum absolute atomic E-state index is 5.96. The maximum Gasteiger partial charge on any atom is 0.193 e. The fourth-order valence-electron chi connectivity index (χ4n) is 2.61. The van der Waals surface area contributed by atoms with Crippen molar-refractivity contribution in [1.82, 2.24) is 0 Å². The first-order valence-electron chi connectivity index (χ1n) is 6.95. The van der Waals surface area contributed by atoms with Crippen molar-refractivity contribution in [3.63, 3.8) is 0 Å². The summed E-state index contributed by atoms with van der Waals surface area (Å²) >= 11 is 0. The number of anilines is 1. The fourth-order valence-corrected chi connectivity index (χ4v) is 2.61. The van der Waals surface area contributed by atoms with E-state index in [0.29, 0.717) is 12.0 Å². The third-order valence-electron chi connectivity index (χ3n) is 3.94. The largest absolute Gasteiger partial charge is 0.370 e. The van der Waals surface area contributed by atoms with Gasteiger partial charge in [0.1, 0.15) is 0 Å². The predicted molar refractivity (Wildman–Crippen MR) is 75.7 cm³/mol. The Hall–Kier alpha value is -1.51. The van der Waals surface area contributed by atoms with Gasteiger partial charge in [-0.05, 0) is 55.2 Å². The number of rotatable bonds is 4. The van der Waals surface area contributed by atoms with Crippen LogP contribution in [0.15, 0.2) is 29.3 Å². The standard InChI is InChI=1S/C15H21N3/c1-2-10-4-3-5-12(8-10)17-15(16)18-14-9-13(14)11-6-7-11/h3-5,8,11,13-14H,2,6-7,9H2,1H3,(H3,16,17,18)/t13-,14+/m0/s1. The first-order chi connectivity index (χ1) is 8.76. The molecule has 0 unspecified atom stereocenters. The Labute approximate surface area is 108 Å². The van der Waals surface area contributed by atoms with E-state index in [1.165, 1.54) is 24.8 Å². The van der Waals surface area contributed by atoms with Crippen LogP contribution >= 0.6 is 0 Å². The van der Waals surface area contributed by atoms with E-state index in [4.69, 9.17) is 5.73 Å². The lowest BCUT2D eigenvalue weighted by molar-refractivity contribution is 0.686. The van der Waals surface area contributed by atoms with Crippen molar-refractivity contribution in [1.29, 1.82) is 0 Å². The van der Waals surface area contributed by atoms with Crippen molar-refractivity contribution < 1.29 is 0 Å². The van der Waals surface area contributed by atoms with Crippen LogP contribution in [-0.4, -0.2) is 12.0 Å². The highest BCUT2D eigenvalue weighted by molar-refractivity contribution is 5.92. The van der Waals surface area contributed by atoms with Crippen molar-refractivity contribution in [3.8, 4) is 0 Å². The second-order valence-electron chi connectivity index (χ2n) is 5.50. The molecule has 2 fully saturated rings. The van der Waals surface area contributed by atoms with Crippen LogP contribution in [0.5, 0.6) is 0 Å². The van der Waals surface area contributed by atoms with Gasteiger partial charge in [-0.15, -0.1) is 0 Å². The van der Waals surface area contributed by atoms with Gasteiger partial charge in [0.2, 0.25) is 0 Å². The van der Waals surface area contributed by atoms with E-state index >= 15 is 0 Å². The van der Waals surface area contributed by atoms with Crippen LogP contribution in [0, 0.1) is 11.8 Å². The molecule has 2 aliphatic carbocycles. The Morgan fingerprint density at radius 2 is 2.28 bits per heavy atom. The molecule has 0 spiro atoms. The minimum atomic E-state index is 0.486. The molecule has 0 saturated heterocycles. The molecule has 18 heavy (non-hydrogen) atoms. The van der Waals surface area contributed by atoms with Crippen LogP contribution in [0.25, 0.3) is 0 Å². The molecular formula is C15H21N3. The van der Waals surface area contributed by atoms with Crippen molar-refractivity contribution in [2.24, 2.45) is 22.6 Å². The fraction of sp³-hybridized carbons (Fsp3) is 0.533. The maximum atomic E-state index is 5.96. The molecule has 0 amide bonds. The second kappa shape index (κ2) is 4.63. The number of guanidine groups is 1. The molecule has 0 aliphatic heterocycles. The van der Waals surface area contributed by atoms with Crippen molar-refractivity contribution in [3.05, 3.63) is 29.8 Å². The van der Waals surface area contributed by atoms with Crippen molar-refractivity contribution >= 4 is 11.6 Å². The van der Waals surface area contributed by atoms with Gasteiger partial charge in [-0.25, -0.2) is 4.99 Å². The Balaban J connectivity index is 1.59. The first-order valence-corrected chi connectivity index (χ1v) is 6.95. The van der Waals surface area contributed by atoms with E-state index in [0.717, 1.165) is 23.9 Å². The molecule has 96 valence electrons. The van der Waals surface area contributed by atoms with Gasteiger partial charge in [0.05, 0.1) is 6.04 Å². The monoisotopic (exact) mass is 243 g/mol. The number of nitrogens with two attached hydrogens (primary N) is 1. The number of hydrogen-bond acceptors (Lipinski definition) is 1. The number of benzene rings is 1. The van der Waals surface area contributed by atoms with Gasteiger partial charge in [0.25, 0.3) is 0 Å². The third kappa shape index (κ3) is 2.66. The summed E-state index contributed by atoms with van der Waals surface area (Å²) < 4.78 is 0. The molecule has 3 rings (SSSR count). The topological polar surface area (TPSA) is 50.4 Å². The molecule has 2 saturated carbocycles. The Bertz CT molecular complexity index is 463. The molecule has 0 bridgehead atoms. The minimum absolute atomic E-state index is 0.486. The SMILES string of the molecule is CCc1cccc(NC(N)=N[C@@H]2C[C@H]2C2CC2)c1. The van der Waals surface area contributed by atoms with Gasteiger partial charge in [-0.1, -0.05) is 19.1 Å². The Kier molecular flexibility index (Phi) is 2.98. The quantitative estimate of drug-likeness (QED) is 0.631. The zero-order chi connectivity index (χ0) is 12.5. The lowest BCUT2D eigenvalue weighted by atomic mass is 10.1. The molecule has 0 heterocycles. The number of aryl methyl sites for hydroxylation is 1. The summed E-state index contributed by atoms with van der Waals surface area (Å²) in [5.74, 6) is 2.35. The second-order valence-corrected chi connectivity index (χ2v) is 5.50. The summed E-state index contributed by atoms with van der Waals surface area (Å²) in [7, 11) is 0. The molecule has 3 N–H and O–H groups in total. The highest BCUT2D eigenvalue weighted by Crippen LogP contribution is 2.51. The molecule has 0 radical (unpaired) electrons. The molecule has 1 aromatic rings. The summed E-state index contributed by atoms with van der Waals surface area (Å²) in [5.41, 5.74) is 8.32. The van der Waals surface area contributed by atoms with Gasteiger partial charge < -0.3 is 11.1 Å². The summed E-state index contributed by atoms with van der Waals surface area (Å²) in [5, 5.41) is 3.20. The zero-order valence-electron chi connectivity index (χ0n) is 10.9. The van der Waals surface area contributed by atoms with Gasteiger partial charge in [-0.3, -0.25) is 0 Å². The first kappa shape index (κ1) is 11.6. The van der Waals surface area contributed by atoms with Gasteiger partial charge >= 0.3 is 0 Å². The van der Waals surface area contributed by atoms with E-state index in [1.54, 1.807) is 0 Å². The summed E-state index contributed by atoms with van der Waals surface area (Å²) in [4.78, 5) is 4.57. The summed E-state index contributed by atoms with van der Waals surface area (Å²) in [6, 6.07) is 8.83. The lowest BCUT2D eigenvalue weighted by Crippen LogP contribution is -2.23. The molecule has 0 aromatic heterocycles. The van der Waals surface area contributed by atoms with E-state index in [9.17, 15) is 0 Å². The predicted octanol–water partition coefficient (Wildman–Crippen LogP) is 2.77. The Morgan fingerprint density at radius 1 is 1.44 bits per heavy atom. The minimum Gasteiger partial charge on any atom is -0.370 e. The summed E-state index contributed by atoms with van der Waals surface area (Å²) in [6.45, 7) is 2.15. The Morgan fingerprint density at radius 3 is 3.00 bits per heavy atom. The average Bonchev–Trinajstić information content (AvgIpc) is 3.22. The number of nitrogens with zero attached hydrogens (tertiary/aromatic N) is 1. The number of nitrogens with one attached hydrogen (secondary N) is 1. The van der Waals surface area contributed by atoms with Crippen LogP contribution in [0.4, 0.5) is 5.69 Å². The van der Waals surface area contributed by atoms with Crippen LogP contribution in [-0.2, 0) is 6.42 Å². The van der Waals surface area contributed by atoms with Crippen LogP contribution < -0.4 is 11.1 Å². The molecule has 3 nitrogen and oxygen atoms in total. The summed E-state index contributed by atoms with van der Waals surface area (Å²) in [6.07, 6.45) is 5.09.